The zero-order valence-electron chi connectivity index (χ0n) is 18.3. The van der Waals surface area contributed by atoms with E-state index in [1.807, 2.05) is 0 Å². The second kappa shape index (κ2) is 10.8. The molecule has 1 aromatic rings. The Morgan fingerprint density at radius 1 is 1.10 bits per heavy atom. The van der Waals surface area contributed by atoms with E-state index in [1.165, 1.54) is 22.9 Å². The molecule has 174 valence electrons. The number of nitrogens with one attached hydrogen (secondary N) is 1. The van der Waals surface area contributed by atoms with Crippen LogP contribution < -0.4 is 5.32 Å². The van der Waals surface area contributed by atoms with Crippen LogP contribution in [-0.2, 0) is 14.8 Å². The van der Waals surface area contributed by atoms with E-state index >= 15 is 0 Å². The Labute approximate surface area is 196 Å². The van der Waals surface area contributed by atoms with Crippen LogP contribution in [0, 0.1) is 17.8 Å². The van der Waals surface area contributed by atoms with Crippen molar-refractivity contribution >= 4 is 39.1 Å². The minimum absolute atomic E-state index is 0.0215. The van der Waals surface area contributed by atoms with E-state index in [0.29, 0.717) is 19.4 Å². The Morgan fingerprint density at radius 3 is 2.26 bits per heavy atom. The molecule has 0 aliphatic carbocycles. The quantitative estimate of drug-likeness (QED) is 0.589. The second-order valence-electron chi connectivity index (χ2n) is 9.08. The topological polar surface area (TPSA) is 69.7 Å². The number of sulfonamides is 1. The van der Waals surface area contributed by atoms with E-state index in [4.69, 9.17) is 23.2 Å². The lowest BCUT2D eigenvalue weighted by molar-refractivity contribution is -0.126. The molecule has 2 heterocycles. The highest BCUT2D eigenvalue weighted by Gasteiger charge is 2.34. The number of rotatable bonds is 7. The van der Waals surface area contributed by atoms with Gasteiger partial charge in [0.15, 0.2) is 0 Å². The molecule has 2 fully saturated rings. The van der Waals surface area contributed by atoms with Crippen LogP contribution in [0.25, 0.3) is 0 Å². The Balaban J connectivity index is 1.43. The summed E-state index contributed by atoms with van der Waals surface area (Å²) in [4.78, 5) is 15.0. The molecular formula is C22H33Cl2N3O3S. The maximum Gasteiger partial charge on any atom is 0.246 e. The SMILES string of the molecule is CC1CC(C)CN(CCCNC(=O)C2CCN(S(=O)(=O)c3c(Cl)cccc3Cl)CC2)C1. The highest BCUT2D eigenvalue weighted by atomic mass is 35.5. The zero-order chi connectivity index (χ0) is 22.6. The summed E-state index contributed by atoms with van der Waals surface area (Å²) in [6.45, 7) is 9.11. The van der Waals surface area contributed by atoms with Crippen LogP contribution in [-0.4, -0.2) is 62.8 Å². The number of hydrogen-bond donors (Lipinski definition) is 1. The number of hydrogen-bond acceptors (Lipinski definition) is 4. The monoisotopic (exact) mass is 489 g/mol. The first-order valence-corrected chi connectivity index (χ1v) is 13.3. The number of carbonyl (C=O) groups excluding carboxylic acids is 1. The van der Waals surface area contributed by atoms with Gasteiger partial charge < -0.3 is 10.2 Å². The van der Waals surface area contributed by atoms with Crippen LogP contribution in [0.1, 0.15) is 39.5 Å². The van der Waals surface area contributed by atoms with Gasteiger partial charge in [-0.25, -0.2) is 8.42 Å². The highest BCUT2D eigenvalue weighted by Crippen LogP contribution is 2.33. The van der Waals surface area contributed by atoms with Crippen LogP contribution in [0.4, 0.5) is 0 Å². The first-order valence-electron chi connectivity index (χ1n) is 11.1. The van der Waals surface area contributed by atoms with Crippen LogP contribution in [0.3, 0.4) is 0 Å². The summed E-state index contributed by atoms with van der Waals surface area (Å²) in [5, 5.41) is 3.27. The summed E-state index contributed by atoms with van der Waals surface area (Å²) in [5.41, 5.74) is 0. The molecule has 2 saturated heterocycles. The minimum Gasteiger partial charge on any atom is -0.356 e. The van der Waals surface area contributed by atoms with Gasteiger partial charge in [0.25, 0.3) is 0 Å². The fraction of sp³-hybridized carbons (Fsp3) is 0.682. The average Bonchev–Trinajstić information content (AvgIpc) is 2.70. The molecule has 2 unspecified atom stereocenters. The Morgan fingerprint density at radius 2 is 1.68 bits per heavy atom. The summed E-state index contributed by atoms with van der Waals surface area (Å²) in [6.07, 6.45) is 3.22. The van der Waals surface area contributed by atoms with Crippen molar-refractivity contribution in [1.29, 1.82) is 0 Å². The number of nitrogens with zero attached hydrogens (tertiary/aromatic N) is 2. The summed E-state index contributed by atoms with van der Waals surface area (Å²) >= 11 is 12.2. The molecule has 1 aromatic carbocycles. The molecule has 0 saturated carbocycles. The Kier molecular flexibility index (Phi) is 8.66. The van der Waals surface area contributed by atoms with Gasteiger partial charge in [0, 0.05) is 38.6 Å². The molecule has 0 bridgehead atoms. The van der Waals surface area contributed by atoms with E-state index in [2.05, 4.69) is 24.1 Å². The van der Waals surface area contributed by atoms with Gasteiger partial charge in [-0.1, -0.05) is 43.1 Å². The van der Waals surface area contributed by atoms with E-state index in [0.717, 1.165) is 37.9 Å². The first-order chi connectivity index (χ1) is 14.7. The van der Waals surface area contributed by atoms with Gasteiger partial charge in [-0.2, -0.15) is 4.31 Å². The molecule has 9 heteroatoms. The van der Waals surface area contributed by atoms with Crippen molar-refractivity contribution in [3.63, 3.8) is 0 Å². The number of piperidine rings is 2. The maximum atomic E-state index is 13.0. The van der Waals surface area contributed by atoms with E-state index in [9.17, 15) is 13.2 Å². The van der Waals surface area contributed by atoms with Crippen LogP contribution in [0.15, 0.2) is 23.1 Å². The van der Waals surface area contributed by atoms with Crippen LogP contribution >= 0.6 is 23.2 Å². The van der Waals surface area contributed by atoms with Crippen molar-refractivity contribution in [2.24, 2.45) is 17.8 Å². The summed E-state index contributed by atoms with van der Waals surface area (Å²) < 4.78 is 27.3. The number of amides is 1. The predicted octanol–water partition coefficient (Wildman–Crippen LogP) is 3.88. The van der Waals surface area contributed by atoms with Crippen LogP contribution in [0.5, 0.6) is 0 Å². The van der Waals surface area contributed by atoms with Gasteiger partial charge in [-0.3, -0.25) is 4.79 Å². The smallest absolute Gasteiger partial charge is 0.246 e. The molecule has 0 radical (unpaired) electrons. The van der Waals surface area contributed by atoms with Gasteiger partial charge >= 0.3 is 0 Å². The van der Waals surface area contributed by atoms with Crippen molar-refractivity contribution in [3.05, 3.63) is 28.2 Å². The molecular weight excluding hydrogens is 457 g/mol. The molecule has 0 spiro atoms. The number of carbonyl (C=O) groups is 1. The molecule has 3 rings (SSSR count). The van der Waals surface area contributed by atoms with Crippen molar-refractivity contribution < 1.29 is 13.2 Å². The maximum absolute atomic E-state index is 13.0. The third kappa shape index (κ3) is 6.35. The van der Waals surface area contributed by atoms with Gasteiger partial charge in [0.05, 0.1) is 10.0 Å². The average molecular weight is 490 g/mol. The fourth-order valence-electron chi connectivity index (χ4n) is 4.85. The molecule has 6 nitrogen and oxygen atoms in total. The third-order valence-corrected chi connectivity index (χ3v) is 9.09. The molecule has 1 N–H and O–H groups in total. The predicted molar refractivity (Wildman–Crippen MR) is 125 cm³/mol. The lowest BCUT2D eigenvalue weighted by atomic mass is 9.92. The van der Waals surface area contributed by atoms with Crippen molar-refractivity contribution in [3.8, 4) is 0 Å². The Hall–Kier alpha value is -0.860. The normalized spacial score (nSPS) is 24.3. The standard InChI is InChI=1S/C22H33Cl2N3O3S/c1-16-13-17(2)15-26(14-16)10-4-9-25-22(28)18-7-11-27(12-8-18)31(29,30)21-19(23)5-3-6-20(21)24/h3,5-6,16-18H,4,7-15H2,1-2H3,(H,25,28). The van der Waals surface area contributed by atoms with E-state index < -0.39 is 10.0 Å². The van der Waals surface area contributed by atoms with Crippen molar-refractivity contribution in [2.45, 2.75) is 44.4 Å². The number of benzene rings is 1. The third-order valence-electron chi connectivity index (χ3n) is 6.24. The van der Waals surface area contributed by atoms with Crippen LogP contribution in [0.2, 0.25) is 10.0 Å². The molecule has 1 amide bonds. The minimum atomic E-state index is -3.78. The zero-order valence-corrected chi connectivity index (χ0v) is 20.6. The van der Waals surface area contributed by atoms with Crippen molar-refractivity contribution in [1.82, 2.24) is 14.5 Å². The summed E-state index contributed by atoms with van der Waals surface area (Å²) in [6, 6.07) is 4.66. The van der Waals surface area contributed by atoms with Gasteiger partial charge in [0.1, 0.15) is 4.90 Å². The number of likely N-dealkylation sites (tertiary alicyclic amines) is 1. The molecule has 2 atom stereocenters. The van der Waals surface area contributed by atoms with E-state index in [-0.39, 0.29) is 39.9 Å². The lowest BCUT2D eigenvalue weighted by Crippen LogP contribution is -2.44. The second-order valence-corrected chi connectivity index (χ2v) is 11.8. The fourth-order valence-corrected chi connectivity index (χ4v) is 7.41. The summed E-state index contributed by atoms with van der Waals surface area (Å²) in [7, 11) is -3.78. The molecule has 2 aliphatic heterocycles. The van der Waals surface area contributed by atoms with Gasteiger partial charge in [-0.15, -0.1) is 0 Å². The largest absolute Gasteiger partial charge is 0.356 e. The molecule has 31 heavy (non-hydrogen) atoms. The Bertz CT molecular complexity index is 843. The van der Waals surface area contributed by atoms with Gasteiger partial charge in [0.2, 0.25) is 15.9 Å². The van der Waals surface area contributed by atoms with E-state index in [1.54, 1.807) is 6.07 Å². The highest BCUT2D eigenvalue weighted by molar-refractivity contribution is 7.89. The lowest BCUT2D eigenvalue weighted by Gasteiger charge is -2.35. The number of halogens is 2. The van der Waals surface area contributed by atoms with Gasteiger partial charge in [-0.05, 0) is 56.2 Å². The summed E-state index contributed by atoms with van der Waals surface area (Å²) in [5.74, 6) is 1.33. The first kappa shape index (κ1) is 24.8. The molecule has 0 aromatic heterocycles. The van der Waals surface area contributed by atoms with Crippen molar-refractivity contribution in [2.75, 3.05) is 39.3 Å². The molecule has 2 aliphatic rings.